The van der Waals surface area contributed by atoms with Crippen molar-refractivity contribution in [2.75, 3.05) is 13.1 Å². The highest BCUT2D eigenvalue weighted by molar-refractivity contribution is 5.95. The standard InChI is InChI=1S/C26H32F3N3O3.H2/c1-16(2)35-21-7-6-18(12-20(21)26(27,28)29)23(34)31-10-8-25(9-11-31)22-13-19(17(3)33)14-32(22)15-24(4,5)30-25;/h6-7,12-14,16,30H,8-11,15H2,1-5H3;1H. The summed E-state index contributed by atoms with van der Waals surface area (Å²) in [5, 5.41) is 3.74. The highest BCUT2D eigenvalue weighted by Crippen LogP contribution is 2.41. The lowest BCUT2D eigenvalue weighted by Gasteiger charge is -2.51. The number of hydrogen-bond donors (Lipinski definition) is 1. The van der Waals surface area contributed by atoms with E-state index in [0.717, 1.165) is 11.8 Å². The number of rotatable bonds is 4. The molecule has 0 atom stereocenters. The van der Waals surface area contributed by atoms with Crippen LogP contribution in [0.5, 0.6) is 5.75 Å². The Bertz CT molecular complexity index is 1150. The second kappa shape index (κ2) is 8.69. The third kappa shape index (κ3) is 4.96. The Balaban J connectivity index is 0.00000361. The van der Waals surface area contributed by atoms with Crippen molar-refractivity contribution in [3.05, 3.63) is 52.8 Å². The number of Topliss-reactive ketones (excluding diaryl/α,β-unsaturated/α-hetero) is 1. The van der Waals surface area contributed by atoms with Crippen molar-refractivity contribution in [1.82, 2.24) is 14.8 Å². The fourth-order valence-corrected chi connectivity index (χ4v) is 5.31. The van der Waals surface area contributed by atoms with Gasteiger partial charge in [0, 0.05) is 49.6 Å². The normalized spacial score (nSPS) is 19.1. The Morgan fingerprint density at radius 1 is 1.11 bits per heavy atom. The van der Waals surface area contributed by atoms with E-state index in [1.807, 2.05) is 12.3 Å². The number of halogens is 3. The average Bonchev–Trinajstić information content (AvgIpc) is 3.17. The van der Waals surface area contributed by atoms with Crippen LogP contribution in [0.2, 0.25) is 0 Å². The zero-order valence-corrected chi connectivity index (χ0v) is 20.8. The van der Waals surface area contributed by atoms with Gasteiger partial charge in [0.05, 0.1) is 17.2 Å². The number of ether oxygens (including phenoxy) is 1. The van der Waals surface area contributed by atoms with Crippen molar-refractivity contribution in [3.63, 3.8) is 0 Å². The topological polar surface area (TPSA) is 63.6 Å². The molecular formula is C26H34F3N3O3. The molecule has 2 aliphatic heterocycles. The number of hydrogen-bond acceptors (Lipinski definition) is 4. The molecule has 1 fully saturated rings. The molecule has 1 aromatic carbocycles. The Kier molecular flexibility index (Phi) is 6.28. The van der Waals surface area contributed by atoms with Gasteiger partial charge in [-0.3, -0.25) is 14.9 Å². The predicted octanol–water partition coefficient (Wildman–Crippen LogP) is 5.26. The van der Waals surface area contributed by atoms with Gasteiger partial charge in [0.25, 0.3) is 5.91 Å². The lowest BCUT2D eigenvalue weighted by Crippen LogP contribution is -2.63. The number of carbonyl (C=O) groups is 2. The Morgan fingerprint density at radius 2 is 1.77 bits per heavy atom. The van der Waals surface area contributed by atoms with Crippen molar-refractivity contribution in [1.29, 1.82) is 0 Å². The monoisotopic (exact) mass is 493 g/mol. The molecule has 0 radical (unpaired) electrons. The third-order valence-electron chi connectivity index (χ3n) is 6.74. The first-order chi connectivity index (χ1) is 16.2. The minimum atomic E-state index is -4.64. The van der Waals surface area contributed by atoms with Gasteiger partial charge in [0.1, 0.15) is 5.75 Å². The molecule has 35 heavy (non-hydrogen) atoms. The number of carbonyl (C=O) groups excluding carboxylic acids is 2. The van der Waals surface area contributed by atoms with Gasteiger partial charge < -0.3 is 14.2 Å². The molecule has 9 heteroatoms. The highest BCUT2D eigenvalue weighted by atomic mass is 19.4. The summed E-state index contributed by atoms with van der Waals surface area (Å²) in [6.07, 6.45) is -2.00. The minimum absolute atomic E-state index is 0. The first-order valence-electron chi connectivity index (χ1n) is 11.9. The van der Waals surface area contributed by atoms with E-state index < -0.39 is 29.3 Å². The van der Waals surface area contributed by atoms with Crippen LogP contribution in [-0.4, -0.2) is 45.9 Å². The zero-order chi connectivity index (χ0) is 25.8. The molecule has 2 aromatic rings. The number of benzene rings is 1. The van der Waals surface area contributed by atoms with E-state index in [2.05, 4.69) is 23.7 Å². The lowest BCUT2D eigenvalue weighted by atomic mass is 9.79. The van der Waals surface area contributed by atoms with Crippen LogP contribution in [0.25, 0.3) is 0 Å². The number of alkyl halides is 3. The van der Waals surface area contributed by atoms with E-state index in [-0.39, 0.29) is 24.1 Å². The molecule has 4 rings (SSSR count). The van der Waals surface area contributed by atoms with E-state index in [9.17, 15) is 22.8 Å². The fourth-order valence-electron chi connectivity index (χ4n) is 5.31. The molecule has 0 bridgehead atoms. The summed E-state index contributed by atoms with van der Waals surface area (Å²) in [7, 11) is 0. The highest BCUT2D eigenvalue weighted by Gasteiger charge is 2.46. The van der Waals surface area contributed by atoms with Gasteiger partial charge in [0.15, 0.2) is 5.78 Å². The summed E-state index contributed by atoms with van der Waals surface area (Å²) in [5.41, 5.74) is 0.0714. The molecule has 1 amide bonds. The van der Waals surface area contributed by atoms with Gasteiger partial charge in [0.2, 0.25) is 0 Å². The Hall–Kier alpha value is -2.81. The molecule has 0 aliphatic carbocycles. The summed E-state index contributed by atoms with van der Waals surface area (Å²) in [6, 6.07) is 5.43. The second-order valence-electron chi connectivity index (χ2n) is 10.6. The predicted molar refractivity (Wildman–Crippen MR) is 128 cm³/mol. The maximum atomic E-state index is 13.7. The largest absolute Gasteiger partial charge is 0.490 e. The van der Waals surface area contributed by atoms with Crippen LogP contribution in [-0.2, 0) is 18.3 Å². The number of nitrogens with one attached hydrogen (secondary N) is 1. The third-order valence-corrected chi connectivity index (χ3v) is 6.74. The zero-order valence-electron chi connectivity index (χ0n) is 20.8. The van der Waals surface area contributed by atoms with E-state index >= 15 is 0 Å². The van der Waals surface area contributed by atoms with Crippen molar-refractivity contribution >= 4 is 11.7 Å². The van der Waals surface area contributed by atoms with E-state index in [1.165, 1.54) is 12.1 Å². The second-order valence-corrected chi connectivity index (χ2v) is 10.6. The summed E-state index contributed by atoms with van der Waals surface area (Å²) in [6.45, 7) is 10.5. The molecule has 2 aliphatic rings. The molecule has 1 saturated heterocycles. The Morgan fingerprint density at radius 3 is 2.34 bits per heavy atom. The number of nitrogens with zero attached hydrogens (tertiary/aromatic N) is 2. The van der Waals surface area contributed by atoms with Crippen LogP contribution in [0.15, 0.2) is 30.5 Å². The maximum Gasteiger partial charge on any atom is 0.419 e. The Labute approximate surface area is 204 Å². The summed E-state index contributed by atoms with van der Waals surface area (Å²) >= 11 is 0. The van der Waals surface area contributed by atoms with Gasteiger partial charge in [-0.15, -0.1) is 0 Å². The van der Waals surface area contributed by atoms with Gasteiger partial charge >= 0.3 is 6.18 Å². The van der Waals surface area contributed by atoms with Crippen LogP contribution in [0, 0.1) is 0 Å². The van der Waals surface area contributed by atoms with Crippen LogP contribution in [0.3, 0.4) is 0 Å². The van der Waals surface area contributed by atoms with E-state index in [0.29, 0.717) is 38.0 Å². The molecule has 6 nitrogen and oxygen atoms in total. The fraction of sp³-hybridized carbons (Fsp3) is 0.538. The van der Waals surface area contributed by atoms with Crippen molar-refractivity contribution in [3.8, 4) is 5.75 Å². The maximum absolute atomic E-state index is 13.7. The van der Waals surface area contributed by atoms with Crippen LogP contribution in [0.1, 0.15) is 80.9 Å². The van der Waals surface area contributed by atoms with Crippen LogP contribution in [0.4, 0.5) is 13.2 Å². The molecule has 192 valence electrons. The van der Waals surface area contributed by atoms with Crippen LogP contribution >= 0.6 is 0 Å². The first-order valence-corrected chi connectivity index (χ1v) is 11.9. The van der Waals surface area contributed by atoms with E-state index in [1.54, 1.807) is 25.7 Å². The summed E-state index contributed by atoms with van der Waals surface area (Å²) in [4.78, 5) is 26.8. The molecule has 1 N–H and O–H groups in total. The average molecular weight is 494 g/mol. The number of aromatic nitrogens is 1. The quantitative estimate of drug-likeness (QED) is 0.591. The lowest BCUT2D eigenvalue weighted by molar-refractivity contribution is -0.139. The number of piperidine rings is 1. The minimum Gasteiger partial charge on any atom is -0.490 e. The molecule has 3 heterocycles. The number of likely N-dealkylation sites (tertiary alicyclic amines) is 1. The first kappa shape index (κ1) is 25.3. The molecule has 1 aromatic heterocycles. The van der Waals surface area contributed by atoms with Gasteiger partial charge in [-0.2, -0.15) is 13.2 Å². The summed E-state index contributed by atoms with van der Waals surface area (Å²) in [5.74, 6) is -0.716. The van der Waals surface area contributed by atoms with E-state index in [4.69, 9.17) is 4.74 Å². The van der Waals surface area contributed by atoms with Crippen molar-refractivity contribution < 1.29 is 28.9 Å². The molecule has 0 unspecified atom stereocenters. The van der Waals surface area contributed by atoms with Gasteiger partial charge in [-0.1, -0.05) is 0 Å². The van der Waals surface area contributed by atoms with Gasteiger partial charge in [-0.05, 0) is 71.7 Å². The number of fused-ring (bicyclic) bond motifs is 2. The smallest absolute Gasteiger partial charge is 0.419 e. The number of ketones is 1. The summed E-state index contributed by atoms with van der Waals surface area (Å²) < 4.78 is 48.4. The van der Waals surface area contributed by atoms with Crippen LogP contribution < -0.4 is 10.1 Å². The molecular weight excluding hydrogens is 459 g/mol. The molecule has 1 spiro atoms. The number of amides is 1. The van der Waals surface area contributed by atoms with Crippen molar-refractivity contribution in [2.45, 2.75) is 77.4 Å². The molecule has 0 saturated carbocycles. The van der Waals surface area contributed by atoms with Gasteiger partial charge in [-0.25, -0.2) is 0 Å². The van der Waals surface area contributed by atoms with Crippen molar-refractivity contribution in [2.24, 2.45) is 0 Å². The SMILES string of the molecule is CC(=O)c1cc2n(c1)CC(C)(C)NC21CCN(C(=O)c2ccc(OC(C)C)c(C(F)(F)F)c2)CC1.[HH].